The smallest absolute Gasteiger partial charge is 0.341 e. The molecular formula is C15H18N2O4S. The van der Waals surface area contributed by atoms with E-state index in [9.17, 15) is 13.2 Å². The van der Waals surface area contributed by atoms with Crippen LogP contribution in [0.1, 0.15) is 28.7 Å². The number of benzene rings is 1. The van der Waals surface area contributed by atoms with Gasteiger partial charge in [0.25, 0.3) is 0 Å². The molecule has 22 heavy (non-hydrogen) atoms. The Labute approximate surface area is 129 Å². The van der Waals surface area contributed by atoms with E-state index in [1.54, 1.807) is 25.3 Å². The number of esters is 1. The molecule has 0 aliphatic heterocycles. The molecule has 0 aliphatic carbocycles. The lowest BCUT2D eigenvalue weighted by atomic mass is 10.2. The summed E-state index contributed by atoms with van der Waals surface area (Å²) >= 11 is 0. The van der Waals surface area contributed by atoms with Gasteiger partial charge in [-0.25, -0.2) is 18.4 Å². The van der Waals surface area contributed by atoms with E-state index < -0.39 is 16.0 Å². The molecule has 0 saturated heterocycles. The van der Waals surface area contributed by atoms with E-state index in [4.69, 9.17) is 9.88 Å². The molecule has 1 aromatic carbocycles. The van der Waals surface area contributed by atoms with Crippen molar-refractivity contribution in [1.82, 2.24) is 4.57 Å². The molecule has 0 amide bonds. The van der Waals surface area contributed by atoms with Crippen molar-refractivity contribution in [1.29, 1.82) is 0 Å². The maximum Gasteiger partial charge on any atom is 0.341 e. The van der Waals surface area contributed by atoms with E-state index in [0.29, 0.717) is 11.4 Å². The van der Waals surface area contributed by atoms with Gasteiger partial charge in [0.2, 0.25) is 10.0 Å². The minimum absolute atomic E-state index is 0.00861. The summed E-state index contributed by atoms with van der Waals surface area (Å²) in [5.41, 5.74) is 1.60. The number of nitrogens with zero attached hydrogens (tertiary/aromatic N) is 1. The van der Waals surface area contributed by atoms with Crippen molar-refractivity contribution in [3.63, 3.8) is 0 Å². The second-order valence-corrected chi connectivity index (χ2v) is 6.31. The van der Waals surface area contributed by atoms with Crippen molar-refractivity contribution in [3.05, 3.63) is 47.3 Å². The quantitative estimate of drug-likeness (QED) is 0.871. The number of primary sulfonamides is 1. The van der Waals surface area contributed by atoms with Gasteiger partial charge in [-0.2, -0.15) is 0 Å². The van der Waals surface area contributed by atoms with Crippen LogP contribution in [0.5, 0.6) is 0 Å². The van der Waals surface area contributed by atoms with Crippen molar-refractivity contribution in [3.8, 4) is 5.69 Å². The fourth-order valence-corrected chi connectivity index (χ4v) is 3.58. The second kappa shape index (κ2) is 5.94. The first kappa shape index (κ1) is 16.3. The average molecular weight is 322 g/mol. The lowest BCUT2D eigenvalue weighted by Gasteiger charge is -2.09. The summed E-state index contributed by atoms with van der Waals surface area (Å²) in [6, 6.07) is 9.15. The minimum Gasteiger partial charge on any atom is -0.462 e. The number of nitrogens with two attached hydrogens (primary N) is 1. The highest BCUT2D eigenvalue weighted by molar-refractivity contribution is 7.89. The summed E-state index contributed by atoms with van der Waals surface area (Å²) in [6.07, 6.45) is 0. The lowest BCUT2D eigenvalue weighted by molar-refractivity contribution is 0.0521. The van der Waals surface area contributed by atoms with Gasteiger partial charge in [-0.1, -0.05) is 18.2 Å². The number of ether oxygens (including phenoxy) is 1. The number of rotatable bonds is 4. The third-order valence-electron chi connectivity index (χ3n) is 3.37. The Kier molecular flexibility index (Phi) is 4.39. The molecule has 1 aromatic heterocycles. The summed E-state index contributed by atoms with van der Waals surface area (Å²) in [4.78, 5) is 12.0. The van der Waals surface area contributed by atoms with Gasteiger partial charge in [0.15, 0.2) is 0 Å². The van der Waals surface area contributed by atoms with Crippen LogP contribution in [-0.2, 0) is 14.8 Å². The van der Waals surface area contributed by atoms with Crippen LogP contribution in [-0.4, -0.2) is 25.6 Å². The van der Waals surface area contributed by atoms with Crippen molar-refractivity contribution in [2.24, 2.45) is 5.14 Å². The van der Waals surface area contributed by atoms with Crippen LogP contribution in [0.3, 0.4) is 0 Å². The van der Waals surface area contributed by atoms with E-state index >= 15 is 0 Å². The highest BCUT2D eigenvalue weighted by atomic mass is 32.2. The molecule has 0 fully saturated rings. The Morgan fingerprint density at radius 3 is 2.27 bits per heavy atom. The molecule has 0 radical (unpaired) electrons. The highest BCUT2D eigenvalue weighted by Gasteiger charge is 2.30. The first-order valence-electron chi connectivity index (χ1n) is 6.76. The number of carbonyl (C=O) groups excluding carboxylic acids is 1. The summed E-state index contributed by atoms with van der Waals surface area (Å²) in [6.45, 7) is 5.09. The van der Waals surface area contributed by atoms with Crippen molar-refractivity contribution in [2.45, 2.75) is 25.7 Å². The predicted molar refractivity (Wildman–Crippen MR) is 82.6 cm³/mol. The molecule has 0 saturated carbocycles. The van der Waals surface area contributed by atoms with Gasteiger partial charge in [0.1, 0.15) is 10.5 Å². The zero-order valence-corrected chi connectivity index (χ0v) is 13.5. The topological polar surface area (TPSA) is 91.4 Å². The maximum absolute atomic E-state index is 12.2. The zero-order valence-electron chi connectivity index (χ0n) is 12.7. The molecule has 0 aliphatic rings. The van der Waals surface area contributed by atoms with E-state index in [-0.39, 0.29) is 17.1 Å². The van der Waals surface area contributed by atoms with Crippen LogP contribution < -0.4 is 5.14 Å². The standard InChI is InChI=1S/C15H18N2O4S/c1-4-21-15(18)13-10(2)17(12-8-6-5-7-9-12)11(3)14(13)22(16,19)20/h5-9H,4H2,1-3H3,(H2,16,19,20). The number of carbonyl (C=O) groups is 1. The highest BCUT2D eigenvalue weighted by Crippen LogP contribution is 2.29. The number of para-hydroxylation sites is 1. The van der Waals surface area contributed by atoms with Gasteiger partial charge in [-0.05, 0) is 32.9 Å². The van der Waals surface area contributed by atoms with E-state index in [2.05, 4.69) is 0 Å². The molecule has 2 aromatic rings. The number of hydrogen-bond acceptors (Lipinski definition) is 4. The Hall–Kier alpha value is -2.12. The second-order valence-electron chi connectivity index (χ2n) is 4.81. The molecule has 2 rings (SSSR count). The summed E-state index contributed by atoms with van der Waals surface area (Å²) in [7, 11) is -4.06. The van der Waals surface area contributed by atoms with E-state index in [1.807, 2.05) is 30.3 Å². The van der Waals surface area contributed by atoms with Crippen LogP contribution >= 0.6 is 0 Å². The molecule has 2 N–H and O–H groups in total. The molecule has 0 spiro atoms. The molecule has 118 valence electrons. The van der Waals surface area contributed by atoms with Crippen molar-refractivity contribution < 1.29 is 17.9 Å². The molecule has 0 atom stereocenters. The first-order chi connectivity index (χ1) is 10.3. The first-order valence-corrected chi connectivity index (χ1v) is 8.31. The van der Waals surface area contributed by atoms with Gasteiger partial charge in [-0.3, -0.25) is 0 Å². The predicted octanol–water partition coefficient (Wildman–Crippen LogP) is 1.92. The van der Waals surface area contributed by atoms with Crippen molar-refractivity contribution >= 4 is 16.0 Å². The van der Waals surface area contributed by atoms with Crippen LogP contribution in [0.15, 0.2) is 35.2 Å². The fourth-order valence-electron chi connectivity index (χ4n) is 2.57. The number of aromatic nitrogens is 1. The van der Waals surface area contributed by atoms with Gasteiger partial charge >= 0.3 is 5.97 Å². The molecule has 1 heterocycles. The molecule has 0 bridgehead atoms. The van der Waals surface area contributed by atoms with Crippen molar-refractivity contribution in [2.75, 3.05) is 6.61 Å². The Morgan fingerprint density at radius 1 is 1.18 bits per heavy atom. The third-order valence-corrected chi connectivity index (χ3v) is 4.44. The normalized spacial score (nSPS) is 11.5. The molecule has 7 heteroatoms. The summed E-state index contributed by atoms with van der Waals surface area (Å²) < 4.78 is 30.5. The largest absolute Gasteiger partial charge is 0.462 e. The average Bonchev–Trinajstić information content (AvgIpc) is 2.71. The van der Waals surface area contributed by atoms with Crippen LogP contribution in [0.2, 0.25) is 0 Å². The Morgan fingerprint density at radius 2 is 1.77 bits per heavy atom. The van der Waals surface area contributed by atoms with E-state index in [1.165, 1.54) is 0 Å². The van der Waals surface area contributed by atoms with Gasteiger partial charge < -0.3 is 9.30 Å². The fraction of sp³-hybridized carbons (Fsp3) is 0.267. The molecule has 0 unspecified atom stereocenters. The van der Waals surface area contributed by atoms with Crippen LogP contribution in [0.4, 0.5) is 0 Å². The van der Waals surface area contributed by atoms with Gasteiger partial charge in [0, 0.05) is 17.1 Å². The summed E-state index contributed by atoms with van der Waals surface area (Å²) in [5.74, 6) is -0.693. The third kappa shape index (κ3) is 2.77. The van der Waals surface area contributed by atoms with Crippen LogP contribution in [0, 0.1) is 13.8 Å². The molecular weight excluding hydrogens is 304 g/mol. The monoisotopic (exact) mass is 322 g/mol. The summed E-state index contributed by atoms with van der Waals surface area (Å²) in [5, 5.41) is 5.30. The minimum atomic E-state index is -4.06. The Bertz CT molecular complexity index is 808. The number of sulfonamides is 1. The maximum atomic E-state index is 12.2. The zero-order chi connectivity index (χ0) is 16.5. The SMILES string of the molecule is CCOC(=O)c1c(S(N)(=O)=O)c(C)n(-c2ccccc2)c1C. The lowest BCUT2D eigenvalue weighted by Crippen LogP contribution is -2.18. The molecule has 6 nitrogen and oxygen atoms in total. The van der Waals surface area contributed by atoms with Gasteiger partial charge in [-0.15, -0.1) is 0 Å². The van der Waals surface area contributed by atoms with E-state index in [0.717, 1.165) is 5.69 Å². The van der Waals surface area contributed by atoms with Crippen LogP contribution in [0.25, 0.3) is 5.69 Å². The Balaban J connectivity index is 2.82. The van der Waals surface area contributed by atoms with Gasteiger partial charge in [0.05, 0.1) is 6.61 Å². The number of hydrogen-bond donors (Lipinski definition) is 1.